The van der Waals surface area contributed by atoms with Crippen molar-refractivity contribution >= 4 is 16.7 Å². The SMILES string of the molecule is C1CCN(CCCNc2nc(C3CC3)ns2)C1. The Hall–Kier alpha value is -0.680. The summed E-state index contributed by atoms with van der Waals surface area (Å²) < 4.78 is 4.39. The first kappa shape index (κ1) is 11.4. The van der Waals surface area contributed by atoms with Gasteiger partial charge in [0.1, 0.15) is 5.82 Å². The fraction of sp³-hybridized carbons (Fsp3) is 0.833. The zero-order valence-electron chi connectivity index (χ0n) is 10.2. The number of aromatic nitrogens is 2. The van der Waals surface area contributed by atoms with Crippen LogP contribution in [-0.4, -0.2) is 40.4 Å². The smallest absolute Gasteiger partial charge is 0.202 e. The van der Waals surface area contributed by atoms with Gasteiger partial charge in [0.05, 0.1) is 0 Å². The zero-order chi connectivity index (χ0) is 11.5. The Morgan fingerprint density at radius 3 is 2.88 bits per heavy atom. The molecule has 0 amide bonds. The molecule has 2 aliphatic rings. The molecule has 2 fully saturated rings. The quantitative estimate of drug-likeness (QED) is 0.789. The molecule has 1 aromatic heterocycles. The van der Waals surface area contributed by atoms with Crippen molar-refractivity contribution in [3.05, 3.63) is 5.82 Å². The summed E-state index contributed by atoms with van der Waals surface area (Å²) in [6, 6.07) is 0. The van der Waals surface area contributed by atoms with E-state index < -0.39 is 0 Å². The van der Waals surface area contributed by atoms with E-state index >= 15 is 0 Å². The minimum absolute atomic E-state index is 0.673. The molecule has 2 heterocycles. The number of rotatable bonds is 6. The Balaban J connectivity index is 1.35. The van der Waals surface area contributed by atoms with Crippen molar-refractivity contribution in [3.8, 4) is 0 Å². The average molecular weight is 252 g/mol. The third-order valence-electron chi connectivity index (χ3n) is 3.51. The highest BCUT2D eigenvalue weighted by atomic mass is 32.1. The van der Waals surface area contributed by atoms with Crippen LogP contribution in [0.3, 0.4) is 0 Å². The second kappa shape index (κ2) is 5.31. The molecule has 0 aromatic carbocycles. The van der Waals surface area contributed by atoms with E-state index in [1.807, 2.05) is 0 Å². The summed E-state index contributed by atoms with van der Waals surface area (Å²) >= 11 is 1.51. The van der Waals surface area contributed by atoms with Crippen molar-refractivity contribution in [2.45, 2.75) is 38.0 Å². The molecule has 0 unspecified atom stereocenters. The Morgan fingerprint density at radius 2 is 2.12 bits per heavy atom. The van der Waals surface area contributed by atoms with E-state index in [0.717, 1.165) is 17.5 Å². The van der Waals surface area contributed by atoms with Gasteiger partial charge in [-0.1, -0.05) is 0 Å². The fourth-order valence-electron chi connectivity index (χ4n) is 2.32. The van der Waals surface area contributed by atoms with Gasteiger partial charge in [-0.2, -0.15) is 4.37 Å². The van der Waals surface area contributed by atoms with Gasteiger partial charge in [0, 0.05) is 24.0 Å². The van der Waals surface area contributed by atoms with Crippen molar-refractivity contribution in [1.82, 2.24) is 14.3 Å². The van der Waals surface area contributed by atoms with Crippen LogP contribution in [0.15, 0.2) is 0 Å². The van der Waals surface area contributed by atoms with Crippen LogP contribution in [0.5, 0.6) is 0 Å². The van der Waals surface area contributed by atoms with Crippen LogP contribution >= 0.6 is 11.5 Å². The van der Waals surface area contributed by atoms with Crippen molar-refractivity contribution in [2.24, 2.45) is 0 Å². The number of hydrogen-bond acceptors (Lipinski definition) is 5. The molecule has 0 radical (unpaired) electrons. The van der Waals surface area contributed by atoms with Gasteiger partial charge in [-0.25, -0.2) is 4.98 Å². The minimum Gasteiger partial charge on any atom is -0.360 e. The van der Waals surface area contributed by atoms with Crippen molar-refractivity contribution < 1.29 is 0 Å². The fourth-order valence-corrected chi connectivity index (χ4v) is 2.99. The summed E-state index contributed by atoms with van der Waals surface area (Å²) in [6.07, 6.45) is 6.54. The molecule has 0 bridgehead atoms. The first-order chi connectivity index (χ1) is 8.42. The summed E-state index contributed by atoms with van der Waals surface area (Å²) in [5, 5.41) is 4.40. The van der Waals surface area contributed by atoms with Crippen LogP contribution in [0, 0.1) is 0 Å². The van der Waals surface area contributed by atoms with Gasteiger partial charge in [-0.3, -0.25) is 0 Å². The maximum atomic E-state index is 4.52. The number of hydrogen-bond donors (Lipinski definition) is 1. The molecule has 1 N–H and O–H groups in total. The van der Waals surface area contributed by atoms with Gasteiger partial charge in [-0.15, -0.1) is 0 Å². The van der Waals surface area contributed by atoms with Crippen LogP contribution in [0.1, 0.15) is 43.8 Å². The highest BCUT2D eigenvalue weighted by Gasteiger charge is 2.27. The lowest BCUT2D eigenvalue weighted by atomic mass is 10.4. The summed E-state index contributed by atoms with van der Waals surface area (Å²) in [7, 11) is 0. The summed E-state index contributed by atoms with van der Waals surface area (Å²) in [5.74, 6) is 1.74. The monoisotopic (exact) mass is 252 g/mol. The standard InChI is InChI=1S/C12H20N4S/c1-2-8-16(7-1)9-3-6-13-12-14-11(15-17-12)10-4-5-10/h10H,1-9H2,(H,13,14,15). The first-order valence-corrected chi connectivity index (χ1v) is 7.49. The second-order valence-corrected chi connectivity index (χ2v) is 5.81. The van der Waals surface area contributed by atoms with Gasteiger partial charge in [0.25, 0.3) is 0 Å². The van der Waals surface area contributed by atoms with Crippen LogP contribution in [0.2, 0.25) is 0 Å². The van der Waals surface area contributed by atoms with Crippen LogP contribution < -0.4 is 5.32 Å². The molecule has 5 heteroatoms. The second-order valence-electron chi connectivity index (χ2n) is 5.06. The Morgan fingerprint density at radius 1 is 1.29 bits per heavy atom. The van der Waals surface area contributed by atoms with Gasteiger partial charge >= 0.3 is 0 Å². The summed E-state index contributed by atoms with van der Waals surface area (Å²) in [6.45, 7) is 4.84. The highest BCUT2D eigenvalue weighted by Crippen LogP contribution is 2.39. The third kappa shape index (κ3) is 3.16. The van der Waals surface area contributed by atoms with Crippen LogP contribution in [0.4, 0.5) is 5.13 Å². The number of nitrogens with zero attached hydrogens (tertiary/aromatic N) is 3. The molecule has 1 saturated carbocycles. The van der Waals surface area contributed by atoms with Crippen LogP contribution in [0.25, 0.3) is 0 Å². The van der Waals surface area contributed by atoms with Crippen molar-refractivity contribution in [1.29, 1.82) is 0 Å². The largest absolute Gasteiger partial charge is 0.360 e. The molecule has 1 aliphatic heterocycles. The molecule has 17 heavy (non-hydrogen) atoms. The van der Waals surface area contributed by atoms with E-state index in [0.29, 0.717) is 5.92 Å². The molecule has 94 valence electrons. The molecule has 1 saturated heterocycles. The van der Waals surface area contributed by atoms with E-state index in [2.05, 4.69) is 19.6 Å². The van der Waals surface area contributed by atoms with E-state index in [4.69, 9.17) is 0 Å². The predicted octanol–water partition coefficient (Wildman–Crippen LogP) is 2.31. The number of likely N-dealkylation sites (tertiary alicyclic amines) is 1. The Bertz CT molecular complexity index is 355. The topological polar surface area (TPSA) is 41.0 Å². The minimum atomic E-state index is 0.673. The lowest BCUT2D eigenvalue weighted by molar-refractivity contribution is 0.337. The molecule has 4 nitrogen and oxygen atoms in total. The average Bonchev–Trinajstić information content (AvgIpc) is 2.89. The summed E-state index contributed by atoms with van der Waals surface area (Å²) in [4.78, 5) is 7.08. The van der Waals surface area contributed by atoms with E-state index in [9.17, 15) is 0 Å². The number of anilines is 1. The van der Waals surface area contributed by atoms with E-state index in [1.165, 1.54) is 63.3 Å². The molecule has 0 spiro atoms. The maximum absolute atomic E-state index is 4.52. The van der Waals surface area contributed by atoms with Gasteiger partial charge < -0.3 is 10.2 Å². The van der Waals surface area contributed by atoms with Gasteiger partial charge in [0.15, 0.2) is 0 Å². The van der Waals surface area contributed by atoms with Gasteiger partial charge in [0.2, 0.25) is 5.13 Å². The van der Waals surface area contributed by atoms with E-state index in [1.54, 1.807) is 0 Å². The molecule has 0 atom stereocenters. The Kier molecular flexibility index (Phi) is 3.57. The molecule has 3 rings (SSSR count). The number of nitrogens with one attached hydrogen (secondary N) is 1. The van der Waals surface area contributed by atoms with Gasteiger partial charge in [-0.05, 0) is 51.7 Å². The maximum Gasteiger partial charge on any atom is 0.202 e. The molecular weight excluding hydrogens is 232 g/mol. The predicted molar refractivity (Wildman–Crippen MR) is 70.7 cm³/mol. The molecule has 1 aliphatic carbocycles. The highest BCUT2D eigenvalue weighted by molar-refractivity contribution is 7.09. The first-order valence-electron chi connectivity index (χ1n) is 6.71. The molecule has 1 aromatic rings. The third-order valence-corrected chi connectivity index (χ3v) is 4.20. The van der Waals surface area contributed by atoms with Crippen LogP contribution in [-0.2, 0) is 0 Å². The molecular formula is C12H20N4S. The van der Waals surface area contributed by atoms with Crippen molar-refractivity contribution in [3.63, 3.8) is 0 Å². The lowest BCUT2D eigenvalue weighted by Crippen LogP contribution is -2.22. The summed E-state index contributed by atoms with van der Waals surface area (Å²) in [5.41, 5.74) is 0. The zero-order valence-corrected chi connectivity index (χ0v) is 11.0. The normalized spacial score (nSPS) is 20.9. The lowest BCUT2D eigenvalue weighted by Gasteiger charge is -2.13. The van der Waals surface area contributed by atoms with E-state index in [-0.39, 0.29) is 0 Å². The van der Waals surface area contributed by atoms with Crippen molar-refractivity contribution in [2.75, 3.05) is 31.5 Å². The Labute approximate surface area is 107 Å².